The fourth-order valence-corrected chi connectivity index (χ4v) is 1.92. The SMILES string of the molecule is CC=Cc1cc(NC)cc2nc(OCCC)oc(=O)c12. The largest absolute Gasteiger partial charge is 0.450 e. The number of anilines is 1. The van der Waals surface area contributed by atoms with Gasteiger partial charge in [-0.1, -0.05) is 19.1 Å². The van der Waals surface area contributed by atoms with Gasteiger partial charge in [-0.05, 0) is 31.0 Å². The lowest BCUT2D eigenvalue weighted by Crippen LogP contribution is -2.07. The number of fused-ring (bicyclic) bond motifs is 1. The zero-order valence-electron chi connectivity index (χ0n) is 11.9. The molecule has 0 saturated heterocycles. The maximum Gasteiger partial charge on any atom is 0.397 e. The highest BCUT2D eigenvalue weighted by atomic mass is 16.6. The highest BCUT2D eigenvalue weighted by molar-refractivity contribution is 5.90. The summed E-state index contributed by atoms with van der Waals surface area (Å²) >= 11 is 0. The van der Waals surface area contributed by atoms with E-state index in [4.69, 9.17) is 9.15 Å². The predicted octanol–water partition coefficient (Wildman–Crippen LogP) is 3.05. The van der Waals surface area contributed by atoms with Gasteiger partial charge in [0.25, 0.3) is 0 Å². The van der Waals surface area contributed by atoms with E-state index in [1.54, 1.807) is 6.07 Å². The van der Waals surface area contributed by atoms with Gasteiger partial charge in [-0.15, -0.1) is 0 Å². The van der Waals surface area contributed by atoms with Gasteiger partial charge in [0.15, 0.2) is 0 Å². The Labute approximate surface area is 117 Å². The third kappa shape index (κ3) is 2.82. The molecule has 5 nitrogen and oxygen atoms in total. The highest BCUT2D eigenvalue weighted by Gasteiger charge is 2.11. The van der Waals surface area contributed by atoms with E-state index in [0.29, 0.717) is 17.5 Å². The molecule has 0 amide bonds. The van der Waals surface area contributed by atoms with E-state index in [1.807, 2.05) is 39.1 Å². The second-order valence-corrected chi connectivity index (χ2v) is 4.33. The Morgan fingerprint density at radius 1 is 1.45 bits per heavy atom. The smallest absolute Gasteiger partial charge is 0.397 e. The lowest BCUT2D eigenvalue weighted by atomic mass is 10.1. The first-order valence-corrected chi connectivity index (χ1v) is 6.61. The number of allylic oxidation sites excluding steroid dienone is 1. The lowest BCUT2D eigenvalue weighted by molar-refractivity contribution is 0.217. The van der Waals surface area contributed by atoms with E-state index in [9.17, 15) is 4.79 Å². The maximum absolute atomic E-state index is 12.1. The normalized spacial score (nSPS) is 11.2. The average molecular weight is 274 g/mol. The van der Waals surface area contributed by atoms with Crippen molar-refractivity contribution < 1.29 is 9.15 Å². The molecule has 0 aliphatic rings. The predicted molar refractivity (Wildman–Crippen MR) is 80.3 cm³/mol. The van der Waals surface area contributed by atoms with Crippen molar-refractivity contribution in [3.8, 4) is 6.08 Å². The summed E-state index contributed by atoms with van der Waals surface area (Å²) in [4.78, 5) is 16.4. The first-order chi connectivity index (χ1) is 9.69. The summed E-state index contributed by atoms with van der Waals surface area (Å²) in [5, 5.41) is 3.52. The number of nitrogens with zero attached hydrogens (tertiary/aromatic N) is 1. The number of benzene rings is 1. The zero-order valence-corrected chi connectivity index (χ0v) is 11.9. The number of hydrogen-bond donors (Lipinski definition) is 1. The molecule has 0 fully saturated rings. The summed E-state index contributed by atoms with van der Waals surface area (Å²) in [6.07, 6.45) is 4.57. The molecular formula is C15H18N2O3. The molecule has 0 aliphatic heterocycles. The molecule has 0 unspecified atom stereocenters. The van der Waals surface area contributed by atoms with Gasteiger partial charge in [0, 0.05) is 12.7 Å². The van der Waals surface area contributed by atoms with Crippen LogP contribution in [-0.4, -0.2) is 18.6 Å². The Bertz CT molecular complexity index is 689. The molecule has 1 heterocycles. The van der Waals surface area contributed by atoms with Crippen LogP contribution in [0.15, 0.2) is 27.4 Å². The van der Waals surface area contributed by atoms with Crippen LogP contribution in [-0.2, 0) is 0 Å². The van der Waals surface area contributed by atoms with E-state index >= 15 is 0 Å². The molecule has 0 aliphatic carbocycles. The third-order valence-electron chi connectivity index (χ3n) is 2.81. The second kappa shape index (κ2) is 6.23. The molecule has 2 rings (SSSR count). The van der Waals surface area contributed by atoms with Crippen molar-refractivity contribution in [2.45, 2.75) is 20.3 Å². The molecule has 1 aromatic carbocycles. The monoisotopic (exact) mass is 274 g/mol. The number of hydrogen-bond acceptors (Lipinski definition) is 5. The third-order valence-corrected chi connectivity index (χ3v) is 2.81. The van der Waals surface area contributed by atoms with E-state index < -0.39 is 5.63 Å². The van der Waals surface area contributed by atoms with Crippen molar-refractivity contribution in [1.82, 2.24) is 4.98 Å². The number of rotatable bonds is 5. The van der Waals surface area contributed by atoms with Gasteiger partial charge in [0.1, 0.15) is 0 Å². The molecule has 5 heteroatoms. The minimum Gasteiger partial charge on any atom is -0.450 e. The summed E-state index contributed by atoms with van der Waals surface area (Å²) in [5.41, 5.74) is 1.78. The van der Waals surface area contributed by atoms with E-state index in [1.165, 1.54) is 0 Å². The van der Waals surface area contributed by atoms with Crippen molar-refractivity contribution in [3.63, 3.8) is 0 Å². The van der Waals surface area contributed by atoms with Crippen molar-refractivity contribution in [1.29, 1.82) is 0 Å². The quantitative estimate of drug-likeness (QED) is 0.907. The summed E-state index contributed by atoms with van der Waals surface area (Å²) in [5.74, 6) is 0. The van der Waals surface area contributed by atoms with Crippen molar-refractivity contribution in [3.05, 3.63) is 34.2 Å². The van der Waals surface area contributed by atoms with E-state index in [0.717, 1.165) is 17.7 Å². The first kappa shape index (κ1) is 14.1. The number of ether oxygens (including phenoxy) is 1. The Hall–Kier alpha value is -2.30. The molecule has 1 aromatic heterocycles. The van der Waals surface area contributed by atoms with Gasteiger partial charge in [-0.3, -0.25) is 0 Å². The molecule has 0 saturated carbocycles. The van der Waals surface area contributed by atoms with Crippen molar-refractivity contribution in [2.75, 3.05) is 19.0 Å². The van der Waals surface area contributed by atoms with Crippen LogP contribution in [0.3, 0.4) is 0 Å². The molecule has 2 aromatic rings. The average Bonchev–Trinajstić information content (AvgIpc) is 2.44. The van der Waals surface area contributed by atoms with Crippen molar-refractivity contribution in [2.24, 2.45) is 0 Å². The van der Waals surface area contributed by atoms with Crippen LogP contribution in [0, 0.1) is 0 Å². The standard InChI is InChI=1S/C15H18N2O3/c1-4-6-10-8-11(16-3)9-12-13(10)14(18)20-15(17-12)19-7-5-2/h4,6,8-9,16H,5,7H2,1-3H3. The molecule has 20 heavy (non-hydrogen) atoms. The molecule has 1 N–H and O–H groups in total. The Balaban J connectivity index is 2.66. The van der Waals surface area contributed by atoms with Gasteiger partial charge < -0.3 is 14.5 Å². The van der Waals surface area contributed by atoms with Gasteiger partial charge in [0.2, 0.25) is 0 Å². The Kier molecular flexibility index (Phi) is 4.40. The Morgan fingerprint density at radius 2 is 2.25 bits per heavy atom. The minimum atomic E-state index is -0.433. The molecule has 0 spiro atoms. The molecule has 0 bridgehead atoms. The molecule has 106 valence electrons. The van der Waals surface area contributed by atoms with Crippen LogP contribution in [0.4, 0.5) is 5.69 Å². The highest BCUT2D eigenvalue weighted by Crippen LogP contribution is 2.23. The first-order valence-electron chi connectivity index (χ1n) is 6.61. The van der Waals surface area contributed by atoms with Gasteiger partial charge >= 0.3 is 11.7 Å². The van der Waals surface area contributed by atoms with Gasteiger partial charge in [-0.25, -0.2) is 4.79 Å². The van der Waals surface area contributed by atoms with Crippen molar-refractivity contribution >= 4 is 22.7 Å². The van der Waals surface area contributed by atoms with Crippen LogP contribution in [0.25, 0.3) is 17.0 Å². The molecule has 0 atom stereocenters. The maximum atomic E-state index is 12.1. The number of aromatic nitrogens is 1. The fourth-order valence-electron chi connectivity index (χ4n) is 1.92. The second-order valence-electron chi connectivity index (χ2n) is 4.33. The van der Waals surface area contributed by atoms with E-state index in [-0.39, 0.29) is 6.08 Å². The van der Waals surface area contributed by atoms with Crippen LogP contribution >= 0.6 is 0 Å². The summed E-state index contributed by atoms with van der Waals surface area (Å²) in [7, 11) is 1.82. The van der Waals surface area contributed by atoms with Crippen LogP contribution in [0.5, 0.6) is 6.08 Å². The van der Waals surface area contributed by atoms with Crippen LogP contribution < -0.4 is 15.7 Å². The topological polar surface area (TPSA) is 64.4 Å². The summed E-state index contributed by atoms with van der Waals surface area (Å²) in [6, 6.07) is 3.69. The number of nitrogens with one attached hydrogen (secondary N) is 1. The Morgan fingerprint density at radius 3 is 2.90 bits per heavy atom. The van der Waals surface area contributed by atoms with Gasteiger partial charge in [-0.2, -0.15) is 4.98 Å². The lowest BCUT2D eigenvalue weighted by Gasteiger charge is -2.07. The summed E-state index contributed by atoms with van der Waals surface area (Å²) < 4.78 is 10.4. The van der Waals surface area contributed by atoms with Crippen LogP contribution in [0.2, 0.25) is 0 Å². The summed E-state index contributed by atoms with van der Waals surface area (Å²) in [6.45, 7) is 4.34. The van der Waals surface area contributed by atoms with Gasteiger partial charge in [0.05, 0.1) is 17.5 Å². The van der Waals surface area contributed by atoms with Crippen LogP contribution in [0.1, 0.15) is 25.8 Å². The minimum absolute atomic E-state index is 0.0176. The molecular weight excluding hydrogens is 256 g/mol. The zero-order chi connectivity index (χ0) is 14.5. The molecule has 0 radical (unpaired) electrons. The fraction of sp³-hybridized carbons (Fsp3) is 0.333. The van der Waals surface area contributed by atoms with E-state index in [2.05, 4.69) is 10.3 Å².